The molecule has 1 aliphatic carbocycles. The summed E-state index contributed by atoms with van der Waals surface area (Å²) in [5.74, 6) is -0.0525. The molecule has 0 radical (unpaired) electrons. The molecule has 0 spiro atoms. The number of amides is 1. The fraction of sp³-hybridized carbons (Fsp3) is 0.391. The Balaban J connectivity index is 1.63. The zero-order valence-corrected chi connectivity index (χ0v) is 18.1. The van der Waals surface area contributed by atoms with Crippen LogP contribution in [-0.4, -0.2) is 39.0 Å². The van der Waals surface area contributed by atoms with Crippen molar-refractivity contribution in [1.29, 1.82) is 0 Å². The maximum Gasteiger partial charge on any atom is 0.301 e. The molecule has 172 valence electrons. The van der Waals surface area contributed by atoms with Crippen LogP contribution in [0.15, 0.2) is 53.6 Å². The average molecular weight is 451 g/mol. The Morgan fingerprint density at radius 1 is 1.00 bits per heavy atom. The van der Waals surface area contributed by atoms with E-state index in [0.717, 1.165) is 37.3 Å². The standard InChI is InChI=1S/C23H25N5O5/c29-22-13-17(15-26(22)18-9-5-2-6-10-18)23(16-7-3-1-4-8-16)25-24-20-12-11-19(27(30)31)14-21(20)28(32)33/h1,3-4,7-8,11-12,14,17-18,24H,2,5-6,9-10,13,15H2/b25-23-. The third kappa shape index (κ3) is 5.00. The molecule has 1 unspecified atom stereocenters. The van der Waals surface area contributed by atoms with E-state index >= 15 is 0 Å². The van der Waals surface area contributed by atoms with Gasteiger partial charge in [0.25, 0.3) is 5.69 Å². The number of anilines is 1. The SMILES string of the molecule is O=C1CC(/C(=N\Nc2ccc([N+](=O)[O-])cc2[N+](=O)[O-])c2ccccc2)CN1C1CCCCC1. The molecule has 10 heteroatoms. The first-order chi connectivity index (χ1) is 15.9. The summed E-state index contributed by atoms with van der Waals surface area (Å²) < 4.78 is 0. The van der Waals surface area contributed by atoms with Crippen LogP contribution in [0.3, 0.4) is 0 Å². The summed E-state index contributed by atoms with van der Waals surface area (Å²) in [7, 11) is 0. The number of benzene rings is 2. The van der Waals surface area contributed by atoms with Crippen LogP contribution in [0.25, 0.3) is 0 Å². The van der Waals surface area contributed by atoms with E-state index in [-0.39, 0.29) is 29.2 Å². The van der Waals surface area contributed by atoms with Gasteiger partial charge in [-0.1, -0.05) is 49.6 Å². The van der Waals surface area contributed by atoms with Crippen LogP contribution in [0, 0.1) is 26.1 Å². The number of hydrogen-bond donors (Lipinski definition) is 1. The molecule has 1 heterocycles. The van der Waals surface area contributed by atoms with E-state index in [4.69, 9.17) is 0 Å². The number of rotatable bonds is 7. The van der Waals surface area contributed by atoms with Crippen LogP contribution in [0.5, 0.6) is 0 Å². The molecule has 2 aliphatic rings. The number of nitro benzene ring substituents is 2. The lowest BCUT2D eigenvalue weighted by atomic mass is 9.94. The first-order valence-corrected chi connectivity index (χ1v) is 11.1. The van der Waals surface area contributed by atoms with Gasteiger partial charge < -0.3 is 4.90 Å². The summed E-state index contributed by atoms with van der Waals surface area (Å²) in [4.78, 5) is 35.9. The minimum atomic E-state index is -0.684. The Hall–Kier alpha value is -3.82. The molecule has 0 bridgehead atoms. The molecule has 1 aliphatic heterocycles. The molecule has 2 fully saturated rings. The first-order valence-electron chi connectivity index (χ1n) is 11.1. The molecular weight excluding hydrogens is 426 g/mol. The normalized spacial score (nSPS) is 19.5. The minimum absolute atomic E-state index is 0.0486. The van der Waals surface area contributed by atoms with Crippen molar-refractivity contribution in [3.63, 3.8) is 0 Å². The highest BCUT2D eigenvalue weighted by Gasteiger charge is 2.37. The van der Waals surface area contributed by atoms with Gasteiger partial charge in [-0.15, -0.1) is 0 Å². The number of carbonyl (C=O) groups is 1. The van der Waals surface area contributed by atoms with E-state index in [1.54, 1.807) is 0 Å². The summed E-state index contributed by atoms with van der Waals surface area (Å²) in [5, 5.41) is 27.0. The number of non-ortho nitro benzene ring substituents is 1. The van der Waals surface area contributed by atoms with Crippen LogP contribution in [0.2, 0.25) is 0 Å². The maximum absolute atomic E-state index is 12.8. The Labute approximate surface area is 190 Å². The Bertz CT molecular complexity index is 1080. The highest BCUT2D eigenvalue weighted by Crippen LogP contribution is 2.32. The number of likely N-dealkylation sites (tertiary alicyclic amines) is 1. The van der Waals surface area contributed by atoms with Gasteiger partial charge in [-0.3, -0.25) is 30.4 Å². The molecule has 2 aromatic rings. The van der Waals surface area contributed by atoms with E-state index in [2.05, 4.69) is 10.5 Å². The fourth-order valence-electron chi connectivity index (χ4n) is 4.66. The second-order valence-electron chi connectivity index (χ2n) is 8.43. The number of carbonyl (C=O) groups excluding carboxylic acids is 1. The van der Waals surface area contributed by atoms with Gasteiger partial charge in [0, 0.05) is 31.0 Å². The molecule has 1 saturated carbocycles. The quantitative estimate of drug-likeness (QED) is 0.375. The fourth-order valence-corrected chi connectivity index (χ4v) is 4.66. The Kier molecular flexibility index (Phi) is 6.62. The van der Waals surface area contributed by atoms with Crippen molar-refractivity contribution in [2.75, 3.05) is 12.0 Å². The molecule has 1 amide bonds. The van der Waals surface area contributed by atoms with Crippen molar-refractivity contribution < 1.29 is 14.6 Å². The van der Waals surface area contributed by atoms with Crippen LogP contribution < -0.4 is 5.43 Å². The zero-order valence-electron chi connectivity index (χ0n) is 18.1. The molecule has 0 aromatic heterocycles. The van der Waals surface area contributed by atoms with Gasteiger partial charge in [0.05, 0.1) is 21.6 Å². The van der Waals surface area contributed by atoms with Gasteiger partial charge in [-0.25, -0.2) is 0 Å². The van der Waals surface area contributed by atoms with Crippen molar-refractivity contribution in [1.82, 2.24) is 4.90 Å². The van der Waals surface area contributed by atoms with Crippen molar-refractivity contribution >= 4 is 28.7 Å². The molecule has 2 aromatic carbocycles. The summed E-state index contributed by atoms with van der Waals surface area (Å²) in [6, 6.07) is 13.0. The van der Waals surface area contributed by atoms with Crippen LogP contribution >= 0.6 is 0 Å². The number of nitrogens with one attached hydrogen (secondary N) is 1. The number of hydrogen-bond acceptors (Lipinski definition) is 7. The third-order valence-electron chi connectivity index (χ3n) is 6.32. The summed E-state index contributed by atoms with van der Waals surface area (Å²) >= 11 is 0. The van der Waals surface area contributed by atoms with E-state index in [1.807, 2.05) is 35.2 Å². The molecule has 4 rings (SSSR count). The lowest BCUT2D eigenvalue weighted by Crippen LogP contribution is -2.38. The highest BCUT2D eigenvalue weighted by atomic mass is 16.6. The van der Waals surface area contributed by atoms with Gasteiger partial charge >= 0.3 is 5.69 Å². The summed E-state index contributed by atoms with van der Waals surface area (Å²) in [6.07, 6.45) is 5.83. The number of nitrogens with zero attached hydrogens (tertiary/aromatic N) is 4. The topological polar surface area (TPSA) is 131 Å². The van der Waals surface area contributed by atoms with Crippen molar-refractivity contribution in [2.45, 2.75) is 44.6 Å². The van der Waals surface area contributed by atoms with Crippen molar-refractivity contribution in [2.24, 2.45) is 11.0 Å². The van der Waals surface area contributed by atoms with E-state index in [9.17, 15) is 25.0 Å². The smallest absolute Gasteiger partial charge is 0.301 e. The lowest BCUT2D eigenvalue weighted by molar-refractivity contribution is -0.393. The first kappa shape index (κ1) is 22.4. The second kappa shape index (κ2) is 9.76. The minimum Gasteiger partial charge on any atom is -0.339 e. The molecule has 33 heavy (non-hydrogen) atoms. The van der Waals surface area contributed by atoms with Crippen molar-refractivity contribution in [3.05, 3.63) is 74.3 Å². The van der Waals surface area contributed by atoms with Crippen LogP contribution in [-0.2, 0) is 4.79 Å². The Morgan fingerprint density at radius 3 is 2.39 bits per heavy atom. The molecule has 1 N–H and O–H groups in total. The van der Waals surface area contributed by atoms with E-state index in [1.165, 1.54) is 18.6 Å². The second-order valence-corrected chi connectivity index (χ2v) is 8.43. The average Bonchev–Trinajstić information content (AvgIpc) is 3.21. The van der Waals surface area contributed by atoms with Gasteiger partial charge in [0.1, 0.15) is 5.69 Å². The zero-order chi connectivity index (χ0) is 23.4. The highest BCUT2D eigenvalue weighted by molar-refractivity contribution is 6.05. The maximum atomic E-state index is 12.8. The third-order valence-corrected chi connectivity index (χ3v) is 6.32. The molecule has 10 nitrogen and oxygen atoms in total. The van der Waals surface area contributed by atoms with Gasteiger partial charge in [0.2, 0.25) is 5.91 Å². The number of hydrazone groups is 1. The summed E-state index contributed by atoms with van der Waals surface area (Å²) in [5.41, 5.74) is 3.43. The summed E-state index contributed by atoms with van der Waals surface area (Å²) in [6.45, 7) is 0.557. The largest absolute Gasteiger partial charge is 0.339 e. The van der Waals surface area contributed by atoms with Crippen LogP contribution in [0.1, 0.15) is 44.1 Å². The monoisotopic (exact) mass is 451 g/mol. The molecule has 1 atom stereocenters. The van der Waals surface area contributed by atoms with Crippen molar-refractivity contribution in [3.8, 4) is 0 Å². The van der Waals surface area contributed by atoms with E-state index < -0.39 is 15.5 Å². The van der Waals surface area contributed by atoms with Gasteiger partial charge in [-0.05, 0) is 24.5 Å². The predicted molar refractivity (Wildman–Crippen MR) is 123 cm³/mol. The van der Waals surface area contributed by atoms with E-state index in [0.29, 0.717) is 18.7 Å². The van der Waals surface area contributed by atoms with Crippen LogP contribution in [0.4, 0.5) is 17.1 Å². The lowest BCUT2D eigenvalue weighted by Gasteiger charge is -2.31. The van der Waals surface area contributed by atoms with Gasteiger partial charge in [0.15, 0.2) is 0 Å². The number of nitro groups is 2. The molecule has 1 saturated heterocycles. The Morgan fingerprint density at radius 2 is 1.73 bits per heavy atom. The van der Waals surface area contributed by atoms with Gasteiger partial charge in [-0.2, -0.15) is 5.10 Å². The molecular formula is C23H25N5O5. The predicted octanol–water partition coefficient (Wildman–Crippen LogP) is 4.50.